The SMILES string of the molecule is O=C(c1cn[nH]c1C(F)(F)F)N1CCc2ccccc2C1. The fourth-order valence-corrected chi connectivity index (χ4v) is 2.50. The van der Waals surface area contributed by atoms with Gasteiger partial charge in [0.2, 0.25) is 0 Å². The molecule has 1 aromatic heterocycles. The Morgan fingerprint density at radius 2 is 1.95 bits per heavy atom. The number of nitrogens with zero attached hydrogens (tertiary/aromatic N) is 2. The largest absolute Gasteiger partial charge is 0.433 e. The summed E-state index contributed by atoms with van der Waals surface area (Å²) < 4.78 is 38.4. The van der Waals surface area contributed by atoms with Gasteiger partial charge >= 0.3 is 6.18 Å². The molecule has 0 bridgehead atoms. The van der Waals surface area contributed by atoms with Gasteiger partial charge in [-0.2, -0.15) is 18.3 Å². The molecule has 7 heteroatoms. The summed E-state index contributed by atoms with van der Waals surface area (Å²) in [5.74, 6) is -0.648. The molecule has 4 nitrogen and oxygen atoms in total. The second-order valence-electron chi connectivity index (χ2n) is 4.90. The van der Waals surface area contributed by atoms with E-state index in [1.807, 2.05) is 29.4 Å². The number of aromatic amines is 1. The van der Waals surface area contributed by atoms with E-state index in [-0.39, 0.29) is 0 Å². The lowest BCUT2D eigenvalue weighted by molar-refractivity contribution is -0.141. The average molecular weight is 295 g/mol. The second-order valence-corrected chi connectivity index (χ2v) is 4.90. The van der Waals surface area contributed by atoms with E-state index in [4.69, 9.17) is 0 Å². The van der Waals surface area contributed by atoms with Gasteiger partial charge in [0.1, 0.15) is 0 Å². The first kappa shape index (κ1) is 13.7. The smallest absolute Gasteiger partial charge is 0.334 e. The first-order valence-corrected chi connectivity index (χ1v) is 6.43. The molecule has 0 unspecified atom stereocenters. The van der Waals surface area contributed by atoms with Crippen molar-refractivity contribution in [2.75, 3.05) is 6.54 Å². The van der Waals surface area contributed by atoms with Crippen LogP contribution in [0.4, 0.5) is 13.2 Å². The third-order valence-corrected chi connectivity index (χ3v) is 3.57. The van der Waals surface area contributed by atoms with Gasteiger partial charge in [0.15, 0.2) is 5.69 Å². The lowest BCUT2D eigenvalue weighted by atomic mass is 9.99. The number of fused-ring (bicyclic) bond motifs is 1. The highest BCUT2D eigenvalue weighted by Crippen LogP contribution is 2.31. The molecule has 0 fully saturated rings. The molecule has 0 aliphatic carbocycles. The van der Waals surface area contributed by atoms with Crippen molar-refractivity contribution in [2.24, 2.45) is 0 Å². The van der Waals surface area contributed by atoms with Crippen LogP contribution in [0.2, 0.25) is 0 Å². The van der Waals surface area contributed by atoms with Crippen LogP contribution in [0, 0.1) is 0 Å². The molecule has 0 radical (unpaired) electrons. The molecule has 0 saturated carbocycles. The minimum Gasteiger partial charge on any atom is -0.334 e. The molecule has 1 aromatic carbocycles. The van der Waals surface area contributed by atoms with Crippen molar-refractivity contribution in [1.82, 2.24) is 15.1 Å². The first-order chi connectivity index (χ1) is 9.97. The molecule has 1 aliphatic heterocycles. The van der Waals surface area contributed by atoms with Crippen LogP contribution in [-0.2, 0) is 19.1 Å². The molecule has 21 heavy (non-hydrogen) atoms. The van der Waals surface area contributed by atoms with Crippen LogP contribution in [0.5, 0.6) is 0 Å². The van der Waals surface area contributed by atoms with Gasteiger partial charge in [-0.25, -0.2) is 0 Å². The normalized spacial score (nSPS) is 14.9. The third-order valence-electron chi connectivity index (χ3n) is 3.57. The van der Waals surface area contributed by atoms with E-state index < -0.39 is 23.3 Å². The van der Waals surface area contributed by atoms with Gasteiger partial charge in [0.25, 0.3) is 5.91 Å². The number of amides is 1. The van der Waals surface area contributed by atoms with Gasteiger partial charge < -0.3 is 4.90 Å². The van der Waals surface area contributed by atoms with Crippen molar-refractivity contribution in [3.63, 3.8) is 0 Å². The topological polar surface area (TPSA) is 49.0 Å². The molecule has 2 aromatic rings. The van der Waals surface area contributed by atoms with E-state index in [9.17, 15) is 18.0 Å². The number of hydrogen-bond donors (Lipinski definition) is 1. The number of nitrogens with one attached hydrogen (secondary N) is 1. The molecule has 2 heterocycles. The van der Waals surface area contributed by atoms with E-state index in [2.05, 4.69) is 5.10 Å². The molecule has 1 aliphatic rings. The Morgan fingerprint density at radius 3 is 2.67 bits per heavy atom. The van der Waals surface area contributed by atoms with Crippen molar-refractivity contribution in [3.05, 3.63) is 52.8 Å². The fourth-order valence-electron chi connectivity index (χ4n) is 2.50. The van der Waals surface area contributed by atoms with Gasteiger partial charge in [0, 0.05) is 13.1 Å². The van der Waals surface area contributed by atoms with Gasteiger partial charge in [-0.05, 0) is 17.5 Å². The maximum absolute atomic E-state index is 12.8. The highest BCUT2D eigenvalue weighted by Gasteiger charge is 2.38. The Bertz CT molecular complexity index is 678. The minimum atomic E-state index is -4.62. The van der Waals surface area contributed by atoms with Crippen LogP contribution < -0.4 is 0 Å². The Balaban J connectivity index is 1.86. The maximum atomic E-state index is 12.8. The summed E-state index contributed by atoms with van der Waals surface area (Å²) in [6.07, 6.45) is -3.04. The molecular weight excluding hydrogens is 283 g/mol. The van der Waals surface area contributed by atoms with Crippen molar-refractivity contribution in [1.29, 1.82) is 0 Å². The fraction of sp³-hybridized carbons (Fsp3) is 0.286. The molecular formula is C14H12F3N3O. The van der Waals surface area contributed by atoms with Crippen molar-refractivity contribution in [3.8, 4) is 0 Å². The highest BCUT2D eigenvalue weighted by atomic mass is 19.4. The Labute approximate surface area is 118 Å². The maximum Gasteiger partial charge on any atom is 0.433 e. The van der Waals surface area contributed by atoms with Crippen LogP contribution in [0.15, 0.2) is 30.5 Å². The van der Waals surface area contributed by atoms with Gasteiger partial charge in [0.05, 0.1) is 11.8 Å². The number of alkyl halides is 3. The highest BCUT2D eigenvalue weighted by molar-refractivity contribution is 5.95. The minimum absolute atomic E-state index is 0.317. The van der Waals surface area contributed by atoms with E-state index in [1.54, 1.807) is 0 Å². The number of H-pyrrole nitrogens is 1. The molecule has 0 saturated heterocycles. The zero-order chi connectivity index (χ0) is 15.0. The van der Waals surface area contributed by atoms with Crippen LogP contribution in [0.1, 0.15) is 27.2 Å². The Hall–Kier alpha value is -2.31. The zero-order valence-corrected chi connectivity index (χ0v) is 10.9. The standard InChI is InChI=1S/C14H12F3N3O/c15-14(16,17)12-11(7-18-19-12)13(21)20-6-5-9-3-1-2-4-10(9)8-20/h1-4,7H,5-6,8H2,(H,18,19). The number of aromatic nitrogens is 2. The summed E-state index contributed by atoms with van der Waals surface area (Å²) in [7, 11) is 0. The van der Waals surface area contributed by atoms with Crippen LogP contribution in [0.25, 0.3) is 0 Å². The third kappa shape index (κ3) is 2.51. The predicted molar refractivity (Wildman–Crippen MR) is 68.5 cm³/mol. The molecule has 0 atom stereocenters. The van der Waals surface area contributed by atoms with Crippen molar-refractivity contribution >= 4 is 5.91 Å². The van der Waals surface area contributed by atoms with E-state index in [1.165, 1.54) is 4.90 Å². The average Bonchev–Trinajstić information content (AvgIpc) is 2.95. The summed E-state index contributed by atoms with van der Waals surface area (Å²) in [5.41, 5.74) is 0.576. The van der Waals surface area contributed by atoms with E-state index in [0.29, 0.717) is 19.5 Å². The predicted octanol–water partition coefficient (Wildman–Crippen LogP) is 2.63. The number of hydrogen-bond acceptors (Lipinski definition) is 2. The number of halogens is 3. The van der Waals surface area contributed by atoms with E-state index >= 15 is 0 Å². The molecule has 3 rings (SSSR count). The summed E-state index contributed by atoms with van der Waals surface area (Å²) in [5, 5.41) is 5.22. The summed E-state index contributed by atoms with van der Waals surface area (Å²) in [6.45, 7) is 0.718. The number of carbonyl (C=O) groups excluding carboxylic acids is 1. The zero-order valence-electron chi connectivity index (χ0n) is 10.9. The lowest BCUT2D eigenvalue weighted by Crippen LogP contribution is -2.36. The number of carbonyl (C=O) groups is 1. The summed E-state index contributed by atoms with van der Waals surface area (Å²) in [6, 6.07) is 7.62. The number of rotatable bonds is 1. The molecule has 1 N–H and O–H groups in total. The van der Waals surface area contributed by atoms with Crippen LogP contribution >= 0.6 is 0 Å². The van der Waals surface area contributed by atoms with Gasteiger partial charge in [-0.3, -0.25) is 9.89 Å². The Morgan fingerprint density at radius 1 is 1.24 bits per heavy atom. The van der Waals surface area contributed by atoms with Gasteiger partial charge in [-0.15, -0.1) is 0 Å². The molecule has 0 spiro atoms. The van der Waals surface area contributed by atoms with Crippen LogP contribution in [0.3, 0.4) is 0 Å². The Kier molecular flexibility index (Phi) is 3.19. The lowest BCUT2D eigenvalue weighted by Gasteiger charge is -2.28. The quantitative estimate of drug-likeness (QED) is 0.879. The first-order valence-electron chi connectivity index (χ1n) is 6.43. The monoisotopic (exact) mass is 295 g/mol. The van der Waals surface area contributed by atoms with Gasteiger partial charge in [-0.1, -0.05) is 24.3 Å². The van der Waals surface area contributed by atoms with E-state index in [0.717, 1.165) is 17.3 Å². The number of benzene rings is 1. The van der Waals surface area contributed by atoms with Crippen molar-refractivity contribution in [2.45, 2.75) is 19.1 Å². The van der Waals surface area contributed by atoms with Crippen molar-refractivity contribution < 1.29 is 18.0 Å². The summed E-state index contributed by atoms with van der Waals surface area (Å²) >= 11 is 0. The second kappa shape index (κ2) is 4.91. The van der Waals surface area contributed by atoms with Crippen LogP contribution in [-0.4, -0.2) is 27.5 Å². The summed E-state index contributed by atoms with van der Waals surface area (Å²) in [4.78, 5) is 13.7. The molecule has 1 amide bonds. The molecule has 110 valence electrons.